The van der Waals surface area contributed by atoms with Gasteiger partial charge in [-0.1, -0.05) is 29.8 Å². The van der Waals surface area contributed by atoms with E-state index in [-0.39, 0.29) is 11.2 Å². The van der Waals surface area contributed by atoms with Crippen molar-refractivity contribution >= 4 is 15.9 Å². The van der Waals surface area contributed by atoms with E-state index in [1.807, 2.05) is 0 Å². The Morgan fingerprint density at radius 1 is 1.40 bits per heavy atom. The predicted molar refractivity (Wildman–Crippen MR) is 65.3 cm³/mol. The van der Waals surface area contributed by atoms with Gasteiger partial charge in [-0.2, -0.15) is 0 Å². The second kappa shape index (κ2) is 5.08. The first-order valence-electron chi connectivity index (χ1n) is 5.08. The van der Waals surface area contributed by atoms with Crippen LogP contribution in [0.1, 0.15) is 25.8 Å². The van der Waals surface area contributed by atoms with Crippen molar-refractivity contribution in [3.8, 4) is 0 Å². The third-order valence-corrected chi connectivity index (χ3v) is 3.27. The molecule has 15 heavy (non-hydrogen) atoms. The average Bonchev–Trinajstić information content (AvgIpc) is 2.10. The minimum absolute atomic E-state index is 0.116. The molecule has 0 aliphatic rings. The largest absolute Gasteiger partial charge is 0.330 e. The van der Waals surface area contributed by atoms with Crippen LogP contribution in [0, 0.1) is 11.2 Å². The van der Waals surface area contributed by atoms with Crippen LogP contribution in [0.2, 0.25) is 0 Å². The standard InChI is InChI=1S/C12H17BrFN/c1-12(2,5-6-15)8-9-7-10(14)3-4-11(9)13/h3-4,7H,5-6,8,15H2,1-2H3. The van der Waals surface area contributed by atoms with Crippen molar-refractivity contribution in [1.29, 1.82) is 0 Å². The van der Waals surface area contributed by atoms with Gasteiger partial charge in [-0.15, -0.1) is 0 Å². The van der Waals surface area contributed by atoms with Crippen LogP contribution in [-0.4, -0.2) is 6.54 Å². The Morgan fingerprint density at radius 2 is 2.07 bits per heavy atom. The molecule has 1 aromatic rings. The molecular weight excluding hydrogens is 257 g/mol. The van der Waals surface area contributed by atoms with Crippen LogP contribution in [0.4, 0.5) is 4.39 Å². The van der Waals surface area contributed by atoms with Gasteiger partial charge in [-0.25, -0.2) is 4.39 Å². The fourth-order valence-corrected chi connectivity index (χ4v) is 2.06. The molecule has 84 valence electrons. The SMILES string of the molecule is CC(C)(CCN)Cc1cc(F)ccc1Br. The highest BCUT2D eigenvalue weighted by Crippen LogP contribution is 2.29. The second-order valence-electron chi connectivity index (χ2n) is 4.62. The lowest BCUT2D eigenvalue weighted by Crippen LogP contribution is -2.20. The zero-order valence-corrected chi connectivity index (χ0v) is 10.8. The molecule has 0 aliphatic heterocycles. The Morgan fingerprint density at radius 3 is 2.67 bits per heavy atom. The summed E-state index contributed by atoms with van der Waals surface area (Å²) in [6.45, 7) is 4.97. The molecule has 1 rings (SSSR count). The van der Waals surface area contributed by atoms with Gasteiger partial charge in [0.25, 0.3) is 0 Å². The van der Waals surface area contributed by atoms with Gasteiger partial charge >= 0.3 is 0 Å². The van der Waals surface area contributed by atoms with E-state index in [9.17, 15) is 4.39 Å². The van der Waals surface area contributed by atoms with E-state index in [1.54, 1.807) is 12.1 Å². The van der Waals surface area contributed by atoms with Gasteiger partial charge in [0.1, 0.15) is 5.82 Å². The molecule has 0 amide bonds. The zero-order valence-electron chi connectivity index (χ0n) is 9.19. The molecule has 0 fully saturated rings. The van der Waals surface area contributed by atoms with Crippen LogP contribution in [0.25, 0.3) is 0 Å². The third kappa shape index (κ3) is 3.92. The molecular formula is C12H17BrFN. The quantitative estimate of drug-likeness (QED) is 0.893. The summed E-state index contributed by atoms with van der Waals surface area (Å²) in [6.07, 6.45) is 1.78. The van der Waals surface area contributed by atoms with E-state index in [2.05, 4.69) is 29.8 Å². The Bertz CT molecular complexity index is 336. The third-order valence-electron chi connectivity index (χ3n) is 2.50. The van der Waals surface area contributed by atoms with Crippen LogP contribution < -0.4 is 5.73 Å². The maximum absolute atomic E-state index is 13.1. The number of hydrogen-bond donors (Lipinski definition) is 1. The lowest BCUT2D eigenvalue weighted by molar-refractivity contribution is 0.338. The van der Waals surface area contributed by atoms with Gasteiger partial charge in [0, 0.05) is 4.47 Å². The number of nitrogens with two attached hydrogens (primary N) is 1. The van der Waals surface area contributed by atoms with Gasteiger partial charge < -0.3 is 5.73 Å². The molecule has 1 nitrogen and oxygen atoms in total. The van der Waals surface area contributed by atoms with Gasteiger partial charge in [-0.3, -0.25) is 0 Å². The van der Waals surface area contributed by atoms with Crippen molar-refractivity contribution in [3.05, 3.63) is 34.1 Å². The highest BCUT2D eigenvalue weighted by Gasteiger charge is 2.19. The Hall–Kier alpha value is -0.410. The van der Waals surface area contributed by atoms with Gasteiger partial charge in [0.2, 0.25) is 0 Å². The Labute approximate surface area is 99.0 Å². The summed E-state index contributed by atoms with van der Waals surface area (Å²) in [5, 5.41) is 0. The summed E-state index contributed by atoms with van der Waals surface area (Å²) < 4.78 is 14.0. The van der Waals surface area contributed by atoms with Crippen LogP contribution in [0.15, 0.2) is 22.7 Å². The summed E-state index contributed by atoms with van der Waals surface area (Å²) in [5.74, 6) is -0.184. The minimum Gasteiger partial charge on any atom is -0.330 e. The molecule has 0 aromatic heterocycles. The van der Waals surface area contributed by atoms with Crippen molar-refractivity contribution in [2.24, 2.45) is 11.1 Å². The van der Waals surface area contributed by atoms with E-state index >= 15 is 0 Å². The van der Waals surface area contributed by atoms with Crippen LogP contribution in [-0.2, 0) is 6.42 Å². The summed E-state index contributed by atoms with van der Waals surface area (Å²) >= 11 is 3.44. The predicted octanol–water partition coefficient (Wildman–Crippen LogP) is 3.51. The molecule has 0 radical (unpaired) electrons. The Balaban J connectivity index is 2.83. The molecule has 0 aliphatic carbocycles. The lowest BCUT2D eigenvalue weighted by atomic mass is 9.83. The normalized spacial score (nSPS) is 11.8. The summed E-state index contributed by atoms with van der Waals surface area (Å²) in [5.41, 5.74) is 6.67. The molecule has 0 spiro atoms. The number of hydrogen-bond acceptors (Lipinski definition) is 1. The van der Waals surface area contributed by atoms with Crippen molar-refractivity contribution in [3.63, 3.8) is 0 Å². The maximum atomic E-state index is 13.1. The minimum atomic E-state index is -0.184. The molecule has 3 heteroatoms. The fraction of sp³-hybridized carbons (Fsp3) is 0.500. The van der Waals surface area contributed by atoms with E-state index in [4.69, 9.17) is 5.73 Å². The van der Waals surface area contributed by atoms with E-state index in [0.717, 1.165) is 22.9 Å². The first-order chi connectivity index (χ1) is 6.94. The van der Waals surface area contributed by atoms with Crippen molar-refractivity contribution in [1.82, 2.24) is 0 Å². The van der Waals surface area contributed by atoms with E-state index in [1.165, 1.54) is 6.07 Å². The molecule has 0 saturated heterocycles. The molecule has 2 N–H and O–H groups in total. The molecule has 0 atom stereocenters. The highest BCUT2D eigenvalue weighted by molar-refractivity contribution is 9.10. The van der Waals surface area contributed by atoms with Crippen LogP contribution in [0.5, 0.6) is 0 Å². The van der Waals surface area contributed by atoms with Gasteiger partial charge in [-0.05, 0) is 48.6 Å². The lowest BCUT2D eigenvalue weighted by Gasteiger charge is -2.24. The van der Waals surface area contributed by atoms with E-state index < -0.39 is 0 Å². The van der Waals surface area contributed by atoms with Crippen molar-refractivity contribution < 1.29 is 4.39 Å². The first-order valence-corrected chi connectivity index (χ1v) is 5.88. The van der Waals surface area contributed by atoms with E-state index in [0.29, 0.717) is 6.54 Å². The van der Waals surface area contributed by atoms with Crippen molar-refractivity contribution in [2.45, 2.75) is 26.7 Å². The topological polar surface area (TPSA) is 26.0 Å². The number of halogens is 2. The zero-order chi connectivity index (χ0) is 11.5. The highest BCUT2D eigenvalue weighted by atomic mass is 79.9. The molecule has 0 bridgehead atoms. The van der Waals surface area contributed by atoms with Crippen molar-refractivity contribution in [2.75, 3.05) is 6.54 Å². The summed E-state index contributed by atoms with van der Waals surface area (Å²) in [7, 11) is 0. The van der Waals surface area contributed by atoms with Gasteiger partial charge in [0.05, 0.1) is 0 Å². The molecule has 0 saturated carbocycles. The summed E-state index contributed by atoms with van der Waals surface area (Å²) in [4.78, 5) is 0. The first kappa shape index (κ1) is 12.7. The molecule has 0 heterocycles. The number of rotatable bonds is 4. The fourth-order valence-electron chi connectivity index (χ4n) is 1.67. The number of benzene rings is 1. The second-order valence-corrected chi connectivity index (χ2v) is 5.47. The Kier molecular flexibility index (Phi) is 4.29. The smallest absolute Gasteiger partial charge is 0.123 e. The van der Waals surface area contributed by atoms with Crippen LogP contribution in [0.3, 0.4) is 0 Å². The molecule has 1 aromatic carbocycles. The van der Waals surface area contributed by atoms with Gasteiger partial charge in [0.15, 0.2) is 0 Å². The monoisotopic (exact) mass is 273 g/mol. The average molecular weight is 274 g/mol. The molecule has 0 unspecified atom stereocenters. The van der Waals surface area contributed by atoms with Crippen LogP contribution >= 0.6 is 15.9 Å². The maximum Gasteiger partial charge on any atom is 0.123 e. The summed E-state index contributed by atoms with van der Waals surface area (Å²) in [6, 6.07) is 4.80.